The molecule has 1 aliphatic carbocycles. The van der Waals surface area contributed by atoms with Gasteiger partial charge in [-0.2, -0.15) is 0 Å². The van der Waals surface area contributed by atoms with Crippen LogP contribution in [0.5, 0.6) is 0 Å². The topological polar surface area (TPSA) is 23.6 Å². The van der Waals surface area contributed by atoms with Crippen molar-refractivity contribution in [3.8, 4) is 0 Å². The van der Waals surface area contributed by atoms with Crippen LogP contribution in [0, 0.1) is 12.8 Å². The molecule has 108 valence electrons. The van der Waals surface area contributed by atoms with Crippen LogP contribution in [0.1, 0.15) is 30.4 Å². The lowest BCUT2D eigenvalue weighted by molar-refractivity contribution is -0.140. The fourth-order valence-electron chi connectivity index (χ4n) is 3.11. The summed E-state index contributed by atoms with van der Waals surface area (Å²) in [6.45, 7) is 6.97. The van der Waals surface area contributed by atoms with Crippen molar-refractivity contribution in [1.82, 2.24) is 9.80 Å². The van der Waals surface area contributed by atoms with Crippen LogP contribution >= 0.6 is 0 Å². The highest BCUT2D eigenvalue weighted by Gasteiger charge is 2.31. The Bertz CT molecular complexity index is 474. The van der Waals surface area contributed by atoms with Gasteiger partial charge in [-0.15, -0.1) is 0 Å². The smallest absolute Gasteiger partial charge is 0.225 e. The lowest BCUT2D eigenvalue weighted by atomic mass is 9.84. The van der Waals surface area contributed by atoms with Gasteiger partial charge < -0.3 is 4.90 Å². The Morgan fingerprint density at radius 1 is 1.20 bits per heavy atom. The Morgan fingerprint density at radius 2 is 1.95 bits per heavy atom. The molecule has 1 saturated carbocycles. The minimum absolute atomic E-state index is 0.346. The molecule has 0 atom stereocenters. The van der Waals surface area contributed by atoms with Gasteiger partial charge in [0, 0.05) is 38.6 Å². The van der Waals surface area contributed by atoms with E-state index < -0.39 is 0 Å². The minimum Gasteiger partial charge on any atom is -0.340 e. The van der Waals surface area contributed by atoms with Crippen LogP contribution in [0.4, 0.5) is 0 Å². The molecule has 1 saturated heterocycles. The molecule has 0 unspecified atom stereocenters. The Kier molecular flexibility index (Phi) is 4.06. The molecule has 1 amide bonds. The van der Waals surface area contributed by atoms with Crippen LogP contribution in [0.25, 0.3) is 0 Å². The fourth-order valence-corrected chi connectivity index (χ4v) is 3.11. The zero-order chi connectivity index (χ0) is 13.9. The van der Waals surface area contributed by atoms with Gasteiger partial charge >= 0.3 is 0 Å². The van der Waals surface area contributed by atoms with E-state index in [1.165, 1.54) is 17.5 Å². The first kappa shape index (κ1) is 13.6. The summed E-state index contributed by atoms with van der Waals surface area (Å²) in [4.78, 5) is 16.7. The van der Waals surface area contributed by atoms with Crippen molar-refractivity contribution in [1.29, 1.82) is 0 Å². The zero-order valence-electron chi connectivity index (χ0n) is 12.3. The largest absolute Gasteiger partial charge is 0.340 e. The monoisotopic (exact) mass is 272 g/mol. The molecule has 0 radical (unpaired) electrons. The summed E-state index contributed by atoms with van der Waals surface area (Å²) in [6.07, 6.45) is 3.47. The van der Waals surface area contributed by atoms with Gasteiger partial charge in [0.25, 0.3) is 0 Å². The van der Waals surface area contributed by atoms with E-state index in [2.05, 4.69) is 41.0 Å². The summed E-state index contributed by atoms with van der Waals surface area (Å²) in [5.74, 6) is 0.754. The molecule has 20 heavy (non-hydrogen) atoms. The first-order valence-electron chi connectivity index (χ1n) is 7.79. The maximum atomic E-state index is 12.2. The summed E-state index contributed by atoms with van der Waals surface area (Å²) in [7, 11) is 0. The Hall–Kier alpha value is -1.35. The van der Waals surface area contributed by atoms with Crippen LogP contribution in [-0.4, -0.2) is 41.9 Å². The van der Waals surface area contributed by atoms with E-state index in [9.17, 15) is 4.79 Å². The van der Waals surface area contributed by atoms with E-state index >= 15 is 0 Å². The summed E-state index contributed by atoms with van der Waals surface area (Å²) in [5.41, 5.74) is 2.70. The number of aryl methyl sites for hydroxylation is 1. The highest BCUT2D eigenvalue weighted by molar-refractivity contribution is 5.79. The van der Waals surface area contributed by atoms with Gasteiger partial charge in [0.05, 0.1) is 0 Å². The van der Waals surface area contributed by atoms with Gasteiger partial charge in [-0.1, -0.05) is 36.2 Å². The normalized spacial score (nSPS) is 20.8. The lowest BCUT2D eigenvalue weighted by Crippen LogP contribution is -2.50. The van der Waals surface area contributed by atoms with E-state index in [1.807, 2.05) is 0 Å². The number of hydrogen-bond acceptors (Lipinski definition) is 2. The molecule has 1 aromatic rings. The summed E-state index contributed by atoms with van der Waals surface area (Å²) in [5, 5.41) is 0. The summed E-state index contributed by atoms with van der Waals surface area (Å²) < 4.78 is 0. The third kappa shape index (κ3) is 3.04. The van der Waals surface area contributed by atoms with Crippen molar-refractivity contribution in [2.45, 2.75) is 32.7 Å². The number of amides is 1. The predicted octanol–water partition coefficient (Wildman–Crippen LogP) is 2.44. The molecule has 2 aliphatic rings. The second kappa shape index (κ2) is 5.96. The molecule has 1 aromatic carbocycles. The number of benzene rings is 1. The number of carbonyl (C=O) groups is 1. The second-order valence-corrected chi connectivity index (χ2v) is 6.22. The van der Waals surface area contributed by atoms with Crippen LogP contribution < -0.4 is 0 Å². The SMILES string of the molecule is Cc1cccc(CN2CCN(C(=O)C3CCC3)CC2)c1. The number of piperazine rings is 1. The quantitative estimate of drug-likeness (QED) is 0.844. The van der Waals surface area contributed by atoms with E-state index in [0.717, 1.165) is 45.6 Å². The second-order valence-electron chi connectivity index (χ2n) is 6.22. The van der Waals surface area contributed by atoms with Crippen LogP contribution in [0.2, 0.25) is 0 Å². The molecule has 3 heteroatoms. The highest BCUT2D eigenvalue weighted by Crippen LogP contribution is 2.28. The average molecular weight is 272 g/mol. The number of carbonyl (C=O) groups excluding carboxylic acids is 1. The van der Waals surface area contributed by atoms with Crippen molar-refractivity contribution in [3.05, 3.63) is 35.4 Å². The number of hydrogen-bond donors (Lipinski definition) is 0. The van der Waals surface area contributed by atoms with E-state index in [0.29, 0.717) is 11.8 Å². The standard InChI is InChI=1S/C17H24N2O/c1-14-4-2-5-15(12-14)13-18-8-10-19(11-9-18)17(20)16-6-3-7-16/h2,4-5,12,16H,3,6-11,13H2,1H3. The van der Waals surface area contributed by atoms with Gasteiger partial charge in [-0.05, 0) is 25.3 Å². The summed E-state index contributed by atoms with van der Waals surface area (Å²) >= 11 is 0. The molecule has 3 nitrogen and oxygen atoms in total. The van der Waals surface area contributed by atoms with Crippen molar-refractivity contribution in [2.75, 3.05) is 26.2 Å². The van der Waals surface area contributed by atoms with Crippen molar-refractivity contribution < 1.29 is 4.79 Å². The van der Waals surface area contributed by atoms with Crippen molar-refractivity contribution in [3.63, 3.8) is 0 Å². The molecule has 1 heterocycles. The van der Waals surface area contributed by atoms with Gasteiger partial charge in [-0.3, -0.25) is 9.69 Å². The molecule has 2 fully saturated rings. The van der Waals surface area contributed by atoms with Gasteiger partial charge in [0.1, 0.15) is 0 Å². The van der Waals surface area contributed by atoms with E-state index in [-0.39, 0.29) is 0 Å². The lowest BCUT2D eigenvalue weighted by Gasteiger charge is -2.38. The molecule has 0 N–H and O–H groups in total. The molecule has 1 aliphatic heterocycles. The van der Waals surface area contributed by atoms with Crippen molar-refractivity contribution in [2.24, 2.45) is 5.92 Å². The summed E-state index contributed by atoms with van der Waals surface area (Å²) in [6, 6.07) is 8.71. The molecular weight excluding hydrogens is 248 g/mol. The maximum Gasteiger partial charge on any atom is 0.225 e. The Morgan fingerprint density at radius 3 is 2.55 bits per heavy atom. The predicted molar refractivity (Wildman–Crippen MR) is 80.4 cm³/mol. The fraction of sp³-hybridized carbons (Fsp3) is 0.588. The van der Waals surface area contributed by atoms with Gasteiger partial charge in [-0.25, -0.2) is 0 Å². The first-order valence-corrected chi connectivity index (χ1v) is 7.79. The molecule has 0 aromatic heterocycles. The van der Waals surface area contributed by atoms with Crippen molar-refractivity contribution >= 4 is 5.91 Å². The van der Waals surface area contributed by atoms with E-state index in [4.69, 9.17) is 0 Å². The average Bonchev–Trinajstić information content (AvgIpc) is 2.37. The van der Waals surface area contributed by atoms with Crippen LogP contribution in [0.3, 0.4) is 0 Å². The van der Waals surface area contributed by atoms with E-state index in [1.54, 1.807) is 0 Å². The third-order valence-corrected chi connectivity index (χ3v) is 4.63. The van der Waals surface area contributed by atoms with Gasteiger partial charge in [0.2, 0.25) is 5.91 Å². The Balaban J connectivity index is 1.49. The maximum absolute atomic E-state index is 12.2. The molecule has 0 bridgehead atoms. The van der Waals surface area contributed by atoms with Gasteiger partial charge in [0.15, 0.2) is 0 Å². The van der Waals surface area contributed by atoms with Crippen LogP contribution in [0.15, 0.2) is 24.3 Å². The molecule has 3 rings (SSSR count). The third-order valence-electron chi connectivity index (χ3n) is 4.63. The number of nitrogens with zero attached hydrogens (tertiary/aromatic N) is 2. The first-order chi connectivity index (χ1) is 9.72. The zero-order valence-corrected chi connectivity index (χ0v) is 12.3. The molecular formula is C17H24N2O. The highest BCUT2D eigenvalue weighted by atomic mass is 16.2. The number of rotatable bonds is 3. The minimum atomic E-state index is 0.346. The Labute approximate surface area is 121 Å². The molecule has 0 spiro atoms. The van der Waals surface area contributed by atoms with Crippen LogP contribution in [-0.2, 0) is 11.3 Å².